The van der Waals surface area contributed by atoms with Crippen molar-refractivity contribution in [1.82, 2.24) is 20.3 Å². The Labute approximate surface area is 195 Å². The molecule has 1 aromatic carbocycles. The van der Waals surface area contributed by atoms with E-state index in [9.17, 15) is 0 Å². The molecule has 2 aliphatic rings. The highest BCUT2D eigenvalue weighted by atomic mass is 127. The average molecular weight is 525 g/mol. The summed E-state index contributed by atoms with van der Waals surface area (Å²) in [7, 11) is 1.85. The number of guanidine groups is 1. The van der Waals surface area contributed by atoms with Gasteiger partial charge in [0.2, 0.25) is 0 Å². The summed E-state index contributed by atoms with van der Waals surface area (Å²) in [6.07, 6.45) is 4.00. The molecule has 1 aliphatic carbocycles. The monoisotopic (exact) mass is 525 g/mol. The zero-order valence-electron chi connectivity index (χ0n) is 17.8. The van der Waals surface area contributed by atoms with Gasteiger partial charge in [-0.25, -0.2) is 0 Å². The largest absolute Gasteiger partial charge is 0.490 e. The van der Waals surface area contributed by atoms with Crippen molar-refractivity contribution in [1.29, 1.82) is 0 Å². The fourth-order valence-electron chi connectivity index (χ4n) is 3.78. The first-order valence-electron chi connectivity index (χ1n) is 10.6. The molecule has 1 N–H and O–H groups in total. The fourth-order valence-corrected chi connectivity index (χ4v) is 3.78. The summed E-state index contributed by atoms with van der Waals surface area (Å²) in [6.45, 7) is 7.33. The van der Waals surface area contributed by atoms with Gasteiger partial charge in [0, 0.05) is 57.9 Å². The van der Waals surface area contributed by atoms with Crippen molar-refractivity contribution in [2.45, 2.75) is 45.4 Å². The van der Waals surface area contributed by atoms with Gasteiger partial charge < -0.3 is 19.5 Å². The van der Waals surface area contributed by atoms with Crippen molar-refractivity contribution in [3.63, 3.8) is 0 Å². The summed E-state index contributed by atoms with van der Waals surface area (Å²) in [4.78, 5) is 9.23. The Kier molecular flexibility index (Phi) is 8.38. The first-order chi connectivity index (χ1) is 14.2. The highest BCUT2D eigenvalue weighted by Crippen LogP contribution is 2.27. The molecule has 1 aromatic heterocycles. The predicted molar refractivity (Wildman–Crippen MR) is 128 cm³/mol. The molecule has 0 amide bonds. The molecule has 164 valence electrons. The molecule has 0 bridgehead atoms. The van der Waals surface area contributed by atoms with E-state index in [-0.39, 0.29) is 24.0 Å². The average Bonchev–Trinajstić information content (AvgIpc) is 3.12. The van der Waals surface area contributed by atoms with Crippen LogP contribution in [0.1, 0.15) is 36.3 Å². The second-order valence-electron chi connectivity index (χ2n) is 7.87. The number of piperazine rings is 1. The van der Waals surface area contributed by atoms with E-state index in [0.717, 1.165) is 55.9 Å². The quantitative estimate of drug-likeness (QED) is 0.354. The second kappa shape index (κ2) is 11.0. The summed E-state index contributed by atoms with van der Waals surface area (Å²) < 4.78 is 11.3. The maximum absolute atomic E-state index is 6.15. The number of nitrogens with zero attached hydrogens (tertiary/aromatic N) is 4. The van der Waals surface area contributed by atoms with Crippen LogP contribution in [0.15, 0.2) is 39.8 Å². The lowest BCUT2D eigenvalue weighted by Gasteiger charge is -2.36. The van der Waals surface area contributed by atoms with Gasteiger partial charge in [0.1, 0.15) is 11.5 Å². The molecule has 0 spiro atoms. The third-order valence-corrected chi connectivity index (χ3v) is 5.70. The van der Waals surface area contributed by atoms with Crippen LogP contribution >= 0.6 is 24.0 Å². The van der Waals surface area contributed by atoms with Gasteiger partial charge in [-0.3, -0.25) is 9.89 Å². The van der Waals surface area contributed by atoms with Crippen LogP contribution in [0.5, 0.6) is 5.75 Å². The number of aliphatic imine (C=N–C) groups is 1. The third-order valence-electron chi connectivity index (χ3n) is 5.70. The highest BCUT2D eigenvalue weighted by molar-refractivity contribution is 14.0. The van der Waals surface area contributed by atoms with E-state index < -0.39 is 0 Å². The Morgan fingerprint density at radius 3 is 2.63 bits per heavy atom. The number of aryl methyl sites for hydroxylation is 1. The Morgan fingerprint density at radius 2 is 2.00 bits per heavy atom. The van der Waals surface area contributed by atoms with E-state index in [2.05, 4.69) is 43.5 Å². The molecule has 30 heavy (non-hydrogen) atoms. The molecule has 4 rings (SSSR count). The molecule has 0 atom stereocenters. The molecule has 0 unspecified atom stereocenters. The maximum atomic E-state index is 6.15. The van der Waals surface area contributed by atoms with Gasteiger partial charge in [0.05, 0.1) is 11.8 Å². The number of halogens is 1. The lowest BCUT2D eigenvalue weighted by molar-refractivity contribution is 0.119. The van der Waals surface area contributed by atoms with Gasteiger partial charge in [-0.05, 0) is 32.3 Å². The Hall–Kier alpha value is -1.81. The van der Waals surface area contributed by atoms with Crippen molar-refractivity contribution in [3.8, 4) is 5.75 Å². The van der Waals surface area contributed by atoms with E-state index in [0.29, 0.717) is 12.6 Å². The van der Waals surface area contributed by atoms with Crippen molar-refractivity contribution >= 4 is 29.9 Å². The molecule has 2 aromatic rings. The van der Waals surface area contributed by atoms with Crippen LogP contribution in [0.3, 0.4) is 0 Å². The molecule has 1 aliphatic heterocycles. The summed E-state index contributed by atoms with van der Waals surface area (Å²) >= 11 is 0. The zero-order valence-corrected chi connectivity index (χ0v) is 20.2. The van der Waals surface area contributed by atoms with Crippen molar-refractivity contribution < 1.29 is 9.26 Å². The minimum atomic E-state index is 0. The van der Waals surface area contributed by atoms with Gasteiger partial charge >= 0.3 is 0 Å². The number of ether oxygens (including phenoxy) is 1. The summed E-state index contributed by atoms with van der Waals surface area (Å²) in [5.41, 5.74) is 2.18. The van der Waals surface area contributed by atoms with Crippen LogP contribution in [-0.2, 0) is 13.1 Å². The van der Waals surface area contributed by atoms with E-state index >= 15 is 0 Å². The van der Waals surface area contributed by atoms with Crippen LogP contribution in [0.4, 0.5) is 0 Å². The van der Waals surface area contributed by atoms with Crippen LogP contribution in [0.2, 0.25) is 0 Å². The number of hydrogen-bond acceptors (Lipinski definition) is 5. The third kappa shape index (κ3) is 5.87. The van der Waals surface area contributed by atoms with Crippen molar-refractivity contribution in [2.24, 2.45) is 4.99 Å². The fraction of sp³-hybridized carbons (Fsp3) is 0.545. The van der Waals surface area contributed by atoms with Gasteiger partial charge in [-0.2, -0.15) is 0 Å². The number of rotatable bonds is 6. The van der Waals surface area contributed by atoms with E-state index in [1.54, 1.807) is 0 Å². The lowest BCUT2D eigenvalue weighted by atomic mass is 9.96. The van der Waals surface area contributed by atoms with Crippen LogP contribution in [-0.4, -0.2) is 60.2 Å². The predicted octanol–water partition coefficient (Wildman–Crippen LogP) is 3.43. The number of hydrogen-bond donors (Lipinski definition) is 1. The molecular weight excluding hydrogens is 493 g/mol. The van der Waals surface area contributed by atoms with Crippen molar-refractivity contribution in [3.05, 3.63) is 47.3 Å². The number of nitrogens with one attached hydrogen (secondary N) is 1. The smallest absolute Gasteiger partial charge is 0.194 e. The van der Waals surface area contributed by atoms with Crippen molar-refractivity contribution in [2.75, 3.05) is 33.2 Å². The first-order valence-corrected chi connectivity index (χ1v) is 10.6. The van der Waals surface area contributed by atoms with Gasteiger partial charge in [-0.15, -0.1) is 24.0 Å². The summed E-state index contributed by atoms with van der Waals surface area (Å²) in [5.74, 6) is 2.80. The van der Waals surface area contributed by atoms with Gasteiger partial charge in [-0.1, -0.05) is 23.4 Å². The second-order valence-corrected chi connectivity index (χ2v) is 7.87. The highest BCUT2D eigenvalue weighted by Gasteiger charge is 2.22. The minimum Gasteiger partial charge on any atom is -0.490 e. The van der Waals surface area contributed by atoms with E-state index in [1.165, 1.54) is 24.8 Å². The molecule has 7 nitrogen and oxygen atoms in total. The normalized spacial score (nSPS) is 17.9. The summed E-state index contributed by atoms with van der Waals surface area (Å²) in [6, 6.07) is 10.3. The first kappa shape index (κ1) is 22.9. The SMILES string of the molecule is CN=C(NCc1ccccc1OC1CCC1)N1CCN(Cc2cc(C)on2)CC1.I. The molecule has 2 heterocycles. The molecule has 1 saturated carbocycles. The maximum Gasteiger partial charge on any atom is 0.194 e. The van der Waals surface area contributed by atoms with Gasteiger partial charge in [0.15, 0.2) is 5.96 Å². The Morgan fingerprint density at radius 1 is 1.23 bits per heavy atom. The standard InChI is InChI=1S/C22H31N5O2.HI/c1-17-14-19(25-29-17)16-26-10-12-27(13-11-26)22(23-2)24-15-18-6-3-4-9-21(18)28-20-7-5-8-20;/h3-4,6,9,14,20H,5,7-8,10-13,15-16H2,1-2H3,(H,23,24);1H. The Bertz CT molecular complexity index is 828. The van der Waals surface area contributed by atoms with Crippen LogP contribution in [0.25, 0.3) is 0 Å². The number of aromatic nitrogens is 1. The minimum absolute atomic E-state index is 0. The zero-order chi connectivity index (χ0) is 20.1. The number of benzene rings is 1. The number of para-hydroxylation sites is 1. The Balaban J connectivity index is 0.00000256. The molecule has 0 radical (unpaired) electrons. The van der Waals surface area contributed by atoms with Crippen LogP contribution in [0, 0.1) is 6.92 Å². The molecule has 8 heteroatoms. The van der Waals surface area contributed by atoms with Crippen LogP contribution < -0.4 is 10.1 Å². The molecule has 1 saturated heterocycles. The summed E-state index contributed by atoms with van der Waals surface area (Å²) in [5, 5.41) is 7.63. The molecule has 2 fully saturated rings. The molecular formula is C22H32IN5O2. The van der Waals surface area contributed by atoms with Gasteiger partial charge in [0.25, 0.3) is 0 Å². The van der Waals surface area contributed by atoms with E-state index in [4.69, 9.17) is 9.26 Å². The lowest BCUT2D eigenvalue weighted by Crippen LogP contribution is -2.52. The van der Waals surface area contributed by atoms with E-state index in [1.807, 2.05) is 26.1 Å². The topological polar surface area (TPSA) is 66.1 Å².